The lowest BCUT2D eigenvalue weighted by molar-refractivity contribution is -0.132. The second-order valence-electron chi connectivity index (χ2n) is 4.65. The Morgan fingerprint density at radius 2 is 1.32 bits per heavy atom. The number of nitrogens with zero attached hydrogens (tertiary/aromatic N) is 1. The number of carbonyl (C=O) groups excluding carboxylic acids is 1. The first-order valence-corrected chi connectivity index (χ1v) is 7.81. The molecule has 0 aromatic heterocycles. The Bertz CT molecular complexity index is 628. The van der Waals surface area contributed by atoms with Crippen molar-refractivity contribution in [1.29, 1.82) is 5.26 Å². The molecule has 3 N–H and O–H groups in total. The molecular weight excluding hydrogens is 352 g/mol. The lowest BCUT2D eigenvalue weighted by Crippen LogP contribution is -2.10. The van der Waals surface area contributed by atoms with Gasteiger partial charge in [-0.2, -0.15) is 5.26 Å². The van der Waals surface area contributed by atoms with E-state index in [0.29, 0.717) is 5.57 Å². The number of primary amides is 1. The van der Waals surface area contributed by atoms with Crippen molar-refractivity contribution in [3.8, 4) is 6.07 Å². The van der Waals surface area contributed by atoms with Crippen LogP contribution in [0, 0.1) is 11.3 Å². The van der Waals surface area contributed by atoms with Gasteiger partial charge >= 0.3 is 5.97 Å². The maximum atomic E-state index is 9.82. The summed E-state index contributed by atoms with van der Waals surface area (Å²) in [6.07, 6.45) is 6.29. The minimum atomic E-state index is -0.935. The molecule has 0 spiro atoms. The number of carboxylic acid groups (broad SMARTS) is 1. The number of carboxylic acids is 1. The molecule has 0 unspecified atom stereocenters. The van der Waals surface area contributed by atoms with Crippen molar-refractivity contribution < 1.29 is 14.7 Å². The molecule has 0 radical (unpaired) electrons. The summed E-state index contributed by atoms with van der Waals surface area (Å²) in [4.78, 5) is 19.4. The van der Waals surface area contributed by atoms with Crippen molar-refractivity contribution in [2.75, 3.05) is 0 Å². The van der Waals surface area contributed by atoms with Gasteiger partial charge in [-0.3, -0.25) is 4.79 Å². The molecule has 0 atom stereocenters. The number of aliphatic carboxylic acids is 1. The van der Waals surface area contributed by atoms with E-state index in [9.17, 15) is 9.59 Å². The molecule has 1 amide bonds. The van der Waals surface area contributed by atoms with Crippen LogP contribution in [0.25, 0.3) is 6.08 Å². The molecule has 1 aromatic carbocycles. The van der Waals surface area contributed by atoms with Gasteiger partial charge in [0.2, 0.25) is 5.91 Å². The van der Waals surface area contributed by atoms with Crippen LogP contribution in [0.3, 0.4) is 0 Å². The van der Waals surface area contributed by atoms with Crippen LogP contribution in [0.2, 0.25) is 0 Å². The third-order valence-electron chi connectivity index (χ3n) is 2.08. The number of amides is 1. The number of carbonyl (C=O) groups is 2. The predicted octanol–water partition coefficient (Wildman–Crippen LogP) is 5.08. The molecule has 5 heteroatoms. The molecule has 0 saturated carbocycles. The molecule has 0 aliphatic carbocycles. The first-order valence-electron chi connectivity index (χ1n) is 7.81. The van der Waals surface area contributed by atoms with Crippen LogP contribution in [0.1, 0.15) is 19.4 Å². The molecule has 1 rings (SSSR count). The van der Waals surface area contributed by atoms with Crippen molar-refractivity contribution in [1.82, 2.24) is 0 Å². The van der Waals surface area contributed by atoms with Gasteiger partial charge in [0.15, 0.2) is 0 Å². The fraction of sp³-hybridized carbons (Fsp3) is 0.0870. The molecule has 150 valence electrons. The Balaban J connectivity index is -0.000000133. The molecule has 0 aliphatic heterocycles. The minimum absolute atomic E-state index is 0.176. The molecule has 0 heterocycles. The second kappa shape index (κ2) is 25.3. The Labute approximate surface area is 168 Å². The number of benzene rings is 1. The van der Waals surface area contributed by atoms with Crippen molar-refractivity contribution in [3.63, 3.8) is 0 Å². The van der Waals surface area contributed by atoms with Gasteiger partial charge in [0.1, 0.15) is 0 Å². The van der Waals surface area contributed by atoms with Crippen LogP contribution in [-0.2, 0) is 9.59 Å². The third kappa shape index (κ3) is 38.0. The zero-order chi connectivity index (χ0) is 23.0. The van der Waals surface area contributed by atoms with Crippen molar-refractivity contribution in [3.05, 3.63) is 105 Å². The van der Waals surface area contributed by atoms with Crippen molar-refractivity contribution >= 4 is 18.0 Å². The monoisotopic (exact) mass is 382 g/mol. The van der Waals surface area contributed by atoms with Gasteiger partial charge in [0, 0.05) is 17.2 Å². The maximum absolute atomic E-state index is 9.82. The Morgan fingerprint density at radius 3 is 1.43 bits per heavy atom. The van der Waals surface area contributed by atoms with Gasteiger partial charge < -0.3 is 10.8 Å². The number of nitrogens with two attached hydrogens (primary N) is 1. The Morgan fingerprint density at radius 1 is 1.00 bits per heavy atom. The molecule has 0 fully saturated rings. The Kier molecular flexibility index (Phi) is 28.8. The van der Waals surface area contributed by atoms with E-state index in [1.807, 2.05) is 36.4 Å². The van der Waals surface area contributed by atoms with E-state index in [1.165, 1.54) is 18.6 Å². The summed E-state index contributed by atoms with van der Waals surface area (Å²) >= 11 is 0. The van der Waals surface area contributed by atoms with Gasteiger partial charge in [-0.25, -0.2) is 4.79 Å². The molecule has 0 saturated heterocycles. The number of rotatable bonds is 4. The summed E-state index contributed by atoms with van der Waals surface area (Å²) < 4.78 is 0. The van der Waals surface area contributed by atoms with Gasteiger partial charge in [-0.1, -0.05) is 88.0 Å². The lowest BCUT2D eigenvalue weighted by Gasteiger charge is -1.85. The lowest BCUT2D eigenvalue weighted by atomic mass is 10.2. The summed E-state index contributed by atoms with van der Waals surface area (Å²) in [5.41, 5.74) is 6.44. The van der Waals surface area contributed by atoms with Gasteiger partial charge in [-0.15, -0.1) is 0 Å². The zero-order valence-corrected chi connectivity index (χ0v) is 16.7. The minimum Gasteiger partial charge on any atom is -0.478 e. The molecule has 1 aromatic rings. The van der Waals surface area contributed by atoms with E-state index in [2.05, 4.69) is 39.5 Å². The van der Waals surface area contributed by atoms with E-state index >= 15 is 0 Å². The molecule has 28 heavy (non-hydrogen) atoms. The zero-order valence-electron chi connectivity index (χ0n) is 16.7. The fourth-order valence-corrected chi connectivity index (χ4v) is 0.589. The highest BCUT2D eigenvalue weighted by molar-refractivity contribution is 5.90. The predicted molar refractivity (Wildman–Crippen MR) is 119 cm³/mol. The van der Waals surface area contributed by atoms with Gasteiger partial charge in [0.25, 0.3) is 0 Å². The van der Waals surface area contributed by atoms with Crippen LogP contribution in [0.15, 0.2) is 99.2 Å². The summed E-state index contributed by atoms with van der Waals surface area (Å²) in [5, 5.41) is 15.4. The van der Waals surface area contributed by atoms with E-state index in [-0.39, 0.29) is 5.57 Å². The number of allylic oxidation sites excluding steroid dienone is 3. The van der Waals surface area contributed by atoms with E-state index in [0.717, 1.165) is 0 Å². The van der Waals surface area contributed by atoms with Crippen LogP contribution < -0.4 is 5.73 Å². The summed E-state index contributed by atoms with van der Waals surface area (Å²) in [7, 11) is 0. The maximum Gasteiger partial charge on any atom is 0.330 e. The van der Waals surface area contributed by atoms with E-state index in [4.69, 9.17) is 16.1 Å². The highest BCUT2D eigenvalue weighted by Gasteiger charge is 1.90. The van der Waals surface area contributed by atoms with Crippen LogP contribution >= 0.6 is 0 Å². The number of hydrogen-bond acceptors (Lipinski definition) is 3. The Hall–Kier alpha value is -3.91. The standard InChI is InChI=1S/C8H8.C4H7NO.C4H6O2.C4H6.C3H3N/c1-2-8-6-4-3-5-7-8;2*1-3(2)4(5)6;1-3-4-2;1-2-3-4/h2-7H,1H2;1H2,2H3,(H2,5,6);1H2,2H3,(H,5,6);3-4H,1-2H2;2H,1H2. The largest absolute Gasteiger partial charge is 0.478 e. The number of nitriles is 1. The smallest absolute Gasteiger partial charge is 0.330 e. The van der Waals surface area contributed by atoms with Crippen molar-refractivity contribution in [2.45, 2.75) is 13.8 Å². The topological polar surface area (TPSA) is 104 Å². The van der Waals surface area contributed by atoms with E-state index < -0.39 is 11.9 Å². The normalized spacial score (nSPS) is 6.89. The first-order chi connectivity index (χ1) is 13.0. The SMILES string of the molecule is C=C(C)C(=O)O.C=C(C)C(N)=O.C=CC#N.C=CC=C.C=Cc1ccccc1. The summed E-state index contributed by atoms with van der Waals surface area (Å²) in [6.45, 7) is 22.9. The average molecular weight is 383 g/mol. The highest BCUT2D eigenvalue weighted by atomic mass is 16.4. The number of hydrogen-bond donors (Lipinski definition) is 2. The summed E-state index contributed by atoms with van der Waals surface area (Å²) in [5.74, 6) is -1.37. The van der Waals surface area contributed by atoms with E-state index in [1.54, 1.807) is 25.1 Å². The third-order valence-corrected chi connectivity index (χ3v) is 2.08. The highest BCUT2D eigenvalue weighted by Crippen LogP contribution is 1.97. The average Bonchev–Trinajstić information content (AvgIpc) is 2.69. The van der Waals surface area contributed by atoms with Crippen LogP contribution in [0.4, 0.5) is 0 Å². The van der Waals surface area contributed by atoms with Gasteiger partial charge in [0.05, 0.1) is 6.07 Å². The van der Waals surface area contributed by atoms with Crippen LogP contribution in [-0.4, -0.2) is 17.0 Å². The molecular formula is C23H30N2O3. The molecule has 0 bridgehead atoms. The van der Waals surface area contributed by atoms with Gasteiger partial charge in [-0.05, 0) is 19.4 Å². The second-order valence-corrected chi connectivity index (χ2v) is 4.65. The molecule has 0 aliphatic rings. The molecule has 5 nitrogen and oxygen atoms in total. The summed E-state index contributed by atoms with van der Waals surface area (Å²) in [6, 6.07) is 11.7. The van der Waals surface area contributed by atoms with Crippen LogP contribution in [0.5, 0.6) is 0 Å². The van der Waals surface area contributed by atoms with Crippen molar-refractivity contribution in [2.24, 2.45) is 5.73 Å². The fourth-order valence-electron chi connectivity index (χ4n) is 0.589. The quantitative estimate of drug-likeness (QED) is 0.430. The first kappa shape index (κ1) is 31.8.